The first-order valence-electron chi connectivity index (χ1n) is 8.56. The lowest BCUT2D eigenvalue weighted by molar-refractivity contribution is 0.102. The van der Waals surface area contributed by atoms with Crippen molar-refractivity contribution in [2.45, 2.75) is 6.92 Å². The summed E-state index contributed by atoms with van der Waals surface area (Å²) in [6.45, 7) is 1.94. The fourth-order valence-corrected chi connectivity index (χ4v) is 2.91. The highest BCUT2D eigenvalue weighted by Crippen LogP contribution is 2.28. The minimum absolute atomic E-state index is 0.231. The number of ether oxygens (including phenoxy) is 1. The van der Waals surface area contributed by atoms with Crippen LogP contribution in [0.4, 0.5) is 5.69 Å². The molecular formula is C22H18N2O3. The number of hydrogen-bond acceptors (Lipinski definition) is 4. The normalized spacial score (nSPS) is 10.7. The van der Waals surface area contributed by atoms with Gasteiger partial charge in [0, 0.05) is 11.3 Å². The smallest absolute Gasteiger partial charge is 0.259 e. The number of rotatable bonds is 4. The number of methoxy groups -OCH3 is 1. The second-order valence-electron chi connectivity index (χ2n) is 6.17. The van der Waals surface area contributed by atoms with Gasteiger partial charge in [-0.05, 0) is 48.9 Å². The number of benzene rings is 3. The summed E-state index contributed by atoms with van der Waals surface area (Å²) in [5, 5.41) is 2.96. The highest BCUT2D eigenvalue weighted by atomic mass is 16.5. The first-order valence-corrected chi connectivity index (χ1v) is 8.56. The van der Waals surface area contributed by atoms with Gasteiger partial charge in [0.2, 0.25) is 5.89 Å². The molecular weight excluding hydrogens is 340 g/mol. The van der Waals surface area contributed by atoms with Crippen LogP contribution in [0, 0.1) is 6.92 Å². The molecule has 0 aliphatic carbocycles. The van der Waals surface area contributed by atoms with Gasteiger partial charge in [0.25, 0.3) is 5.91 Å². The van der Waals surface area contributed by atoms with Crippen LogP contribution in [-0.4, -0.2) is 18.0 Å². The molecule has 27 heavy (non-hydrogen) atoms. The van der Waals surface area contributed by atoms with Crippen LogP contribution >= 0.6 is 0 Å². The van der Waals surface area contributed by atoms with Crippen LogP contribution in [0.5, 0.6) is 5.75 Å². The number of aromatic nitrogens is 1. The number of carbonyl (C=O) groups is 1. The number of fused-ring (bicyclic) bond motifs is 1. The van der Waals surface area contributed by atoms with E-state index >= 15 is 0 Å². The summed E-state index contributed by atoms with van der Waals surface area (Å²) in [7, 11) is 1.55. The first-order chi connectivity index (χ1) is 13.2. The van der Waals surface area contributed by atoms with Crippen LogP contribution in [0.2, 0.25) is 0 Å². The van der Waals surface area contributed by atoms with Crippen LogP contribution < -0.4 is 10.1 Å². The number of nitrogens with one attached hydrogen (secondary N) is 1. The van der Waals surface area contributed by atoms with Crippen molar-refractivity contribution in [2.24, 2.45) is 0 Å². The molecule has 0 atom stereocenters. The molecule has 5 heteroatoms. The Morgan fingerprint density at radius 3 is 2.63 bits per heavy atom. The summed E-state index contributed by atoms with van der Waals surface area (Å²) in [6.07, 6.45) is 0. The largest absolute Gasteiger partial charge is 0.496 e. The molecule has 5 nitrogen and oxygen atoms in total. The Morgan fingerprint density at radius 2 is 1.81 bits per heavy atom. The number of anilines is 1. The fourth-order valence-electron chi connectivity index (χ4n) is 2.91. The van der Waals surface area contributed by atoms with E-state index < -0.39 is 0 Å². The predicted molar refractivity (Wildman–Crippen MR) is 105 cm³/mol. The minimum atomic E-state index is -0.231. The summed E-state index contributed by atoms with van der Waals surface area (Å²) in [5.74, 6) is 0.817. The molecule has 0 spiro atoms. The lowest BCUT2D eigenvalue weighted by Gasteiger charge is -2.11. The molecule has 4 aromatic rings. The number of amides is 1. The number of aryl methyl sites for hydroxylation is 1. The van der Waals surface area contributed by atoms with E-state index in [4.69, 9.17) is 9.15 Å². The van der Waals surface area contributed by atoms with Crippen LogP contribution in [-0.2, 0) is 0 Å². The maximum absolute atomic E-state index is 12.7. The number of oxazole rings is 1. The molecule has 134 valence electrons. The second-order valence-corrected chi connectivity index (χ2v) is 6.17. The standard InChI is InChI=1S/C22H18N2O3/c1-14-11-12-15(22-24-17-8-4-6-10-20(17)27-22)13-18(14)23-21(25)16-7-3-5-9-19(16)26-2/h3-13H,1-2H3,(H,23,25). The zero-order chi connectivity index (χ0) is 18.8. The Balaban J connectivity index is 1.67. The fraction of sp³-hybridized carbons (Fsp3) is 0.0909. The molecule has 0 saturated heterocycles. The molecule has 4 rings (SSSR count). The van der Waals surface area contributed by atoms with Crippen molar-refractivity contribution in [3.8, 4) is 17.2 Å². The van der Waals surface area contributed by atoms with Gasteiger partial charge in [0.15, 0.2) is 5.58 Å². The summed E-state index contributed by atoms with van der Waals surface area (Å²) in [4.78, 5) is 17.2. The highest BCUT2D eigenvalue weighted by Gasteiger charge is 2.14. The molecule has 1 amide bonds. The molecule has 0 radical (unpaired) electrons. The quantitative estimate of drug-likeness (QED) is 0.553. The maximum atomic E-state index is 12.7. The van der Waals surface area contributed by atoms with Gasteiger partial charge in [-0.2, -0.15) is 0 Å². The van der Waals surface area contributed by atoms with Gasteiger partial charge in [-0.1, -0.05) is 30.3 Å². The number of para-hydroxylation sites is 3. The lowest BCUT2D eigenvalue weighted by Crippen LogP contribution is -2.14. The van der Waals surface area contributed by atoms with Crippen LogP contribution in [0.25, 0.3) is 22.6 Å². The van der Waals surface area contributed by atoms with E-state index in [1.807, 2.05) is 55.5 Å². The molecule has 1 heterocycles. The molecule has 1 N–H and O–H groups in total. The average molecular weight is 358 g/mol. The van der Waals surface area contributed by atoms with Gasteiger partial charge in [-0.3, -0.25) is 4.79 Å². The van der Waals surface area contributed by atoms with Crippen molar-refractivity contribution in [1.82, 2.24) is 4.98 Å². The van der Waals surface area contributed by atoms with Crippen LogP contribution in [0.1, 0.15) is 15.9 Å². The van der Waals surface area contributed by atoms with E-state index in [1.165, 1.54) is 0 Å². The van der Waals surface area contributed by atoms with E-state index in [0.717, 1.165) is 22.2 Å². The van der Waals surface area contributed by atoms with E-state index in [1.54, 1.807) is 25.3 Å². The molecule has 0 aliphatic rings. The van der Waals surface area contributed by atoms with E-state index in [9.17, 15) is 4.79 Å². The number of carbonyl (C=O) groups excluding carboxylic acids is 1. The Bertz CT molecular complexity index is 1100. The average Bonchev–Trinajstić information content (AvgIpc) is 3.13. The molecule has 0 saturated carbocycles. The lowest BCUT2D eigenvalue weighted by atomic mass is 10.1. The van der Waals surface area contributed by atoms with Crippen molar-refractivity contribution in [3.63, 3.8) is 0 Å². The summed E-state index contributed by atoms with van der Waals surface area (Å²) in [5.41, 5.74) is 4.45. The summed E-state index contributed by atoms with van der Waals surface area (Å²) < 4.78 is 11.1. The van der Waals surface area contributed by atoms with Crippen LogP contribution in [0.3, 0.4) is 0 Å². The van der Waals surface area contributed by atoms with E-state index in [0.29, 0.717) is 22.9 Å². The van der Waals surface area contributed by atoms with Crippen molar-refractivity contribution in [2.75, 3.05) is 12.4 Å². The third kappa shape index (κ3) is 3.27. The van der Waals surface area contributed by atoms with Crippen molar-refractivity contribution in [3.05, 3.63) is 77.9 Å². The molecule has 0 fully saturated rings. The first kappa shape index (κ1) is 16.8. The zero-order valence-electron chi connectivity index (χ0n) is 15.0. The SMILES string of the molecule is COc1ccccc1C(=O)Nc1cc(-c2nc3ccccc3o2)ccc1C. The van der Waals surface area contributed by atoms with Crippen LogP contribution in [0.15, 0.2) is 71.1 Å². The van der Waals surface area contributed by atoms with Gasteiger partial charge in [0.1, 0.15) is 11.3 Å². The number of nitrogens with zero attached hydrogens (tertiary/aromatic N) is 1. The van der Waals surface area contributed by atoms with E-state index in [-0.39, 0.29) is 5.91 Å². The second kappa shape index (κ2) is 6.96. The Hall–Kier alpha value is -3.60. The van der Waals surface area contributed by atoms with Gasteiger partial charge >= 0.3 is 0 Å². The zero-order valence-corrected chi connectivity index (χ0v) is 15.0. The Kier molecular flexibility index (Phi) is 4.34. The number of hydrogen-bond donors (Lipinski definition) is 1. The monoisotopic (exact) mass is 358 g/mol. The minimum Gasteiger partial charge on any atom is -0.496 e. The van der Waals surface area contributed by atoms with Crippen molar-refractivity contribution in [1.29, 1.82) is 0 Å². The van der Waals surface area contributed by atoms with Gasteiger partial charge < -0.3 is 14.5 Å². The summed E-state index contributed by atoms with van der Waals surface area (Å²) in [6, 6.07) is 20.5. The Morgan fingerprint density at radius 1 is 1.04 bits per heavy atom. The molecule has 3 aromatic carbocycles. The summed E-state index contributed by atoms with van der Waals surface area (Å²) >= 11 is 0. The predicted octanol–water partition coefficient (Wildman–Crippen LogP) is 5.06. The highest BCUT2D eigenvalue weighted by molar-refractivity contribution is 6.06. The van der Waals surface area contributed by atoms with Gasteiger partial charge in [0.05, 0.1) is 12.7 Å². The van der Waals surface area contributed by atoms with Crippen molar-refractivity contribution >= 4 is 22.7 Å². The maximum Gasteiger partial charge on any atom is 0.259 e. The molecule has 0 unspecified atom stereocenters. The topological polar surface area (TPSA) is 64.4 Å². The van der Waals surface area contributed by atoms with Gasteiger partial charge in [-0.25, -0.2) is 4.98 Å². The third-order valence-electron chi connectivity index (χ3n) is 4.38. The molecule has 0 bridgehead atoms. The Labute approximate surface area is 156 Å². The van der Waals surface area contributed by atoms with Gasteiger partial charge in [-0.15, -0.1) is 0 Å². The molecule has 1 aromatic heterocycles. The third-order valence-corrected chi connectivity index (χ3v) is 4.38. The van der Waals surface area contributed by atoms with Crippen molar-refractivity contribution < 1.29 is 13.9 Å². The molecule has 0 aliphatic heterocycles. The van der Waals surface area contributed by atoms with E-state index in [2.05, 4.69) is 10.3 Å².